The maximum atomic E-state index is 2.39. The fraction of sp³-hybridized carbons (Fsp3) is 0.625. The van der Waals surface area contributed by atoms with E-state index >= 15 is 0 Å². The first-order valence-corrected chi connectivity index (χ1v) is 34.2. The van der Waals surface area contributed by atoms with Gasteiger partial charge in [-0.1, -0.05) is 232 Å². The normalized spacial score (nSPS) is 11.7. The highest BCUT2D eigenvalue weighted by Gasteiger charge is 2.14. The summed E-state index contributed by atoms with van der Waals surface area (Å²) >= 11 is 11.8. The van der Waals surface area contributed by atoms with E-state index in [1.165, 1.54) is 293 Å². The molecule has 0 nitrogen and oxygen atoms in total. The van der Waals surface area contributed by atoms with Gasteiger partial charge in [-0.05, 0) is 98.5 Å². The molecule has 6 aromatic rings. The summed E-state index contributed by atoms with van der Waals surface area (Å²) in [6.07, 6.45) is 54.2. The van der Waals surface area contributed by atoms with Gasteiger partial charge >= 0.3 is 0 Å². The summed E-state index contributed by atoms with van der Waals surface area (Å²) < 4.78 is 0. The third kappa shape index (κ3) is 22.4. The smallest absolute Gasteiger partial charge is 0.0449 e. The van der Waals surface area contributed by atoms with E-state index in [1.54, 1.807) is 9.75 Å². The highest BCUT2D eigenvalue weighted by molar-refractivity contribution is 7.30. The lowest BCUT2D eigenvalue weighted by Crippen LogP contribution is -1.85. The second-order valence-corrected chi connectivity index (χ2v) is 27.4. The van der Waals surface area contributed by atoms with Gasteiger partial charge in [0.1, 0.15) is 0 Å². The Morgan fingerprint density at radius 1 is 0.186 bits per heavy atom. The van der Waals surface area contributed by atoms with Crippen molar-refractivity contribution in [1.82, 2.24) is 0 Å². The first-order valence-electron chi connectivity index (χ1n) is 29.3. The van der Waals surface area contributed by atoms with E-state index < -0.39 is 0 Å². The summed E-state index contributed by atoms with van der Waals surface area (Å²) in [6.45, 7) is 4.62. The van der Waals surface area contributed by atoms with E-state index in [-0.39, 0.29) is 0 Å². The molecular formula is C64H94S6. The number of hydrogen-bond donors (Lipinski definition) is 0. The molecular weight excluding hydrogens is 961 g/mol. The second-order valence-electron chi connectivity index (χ2n) is 20.7. The number of aryl methyl sites for hydroxylation is 2. The third-order valence-corrected chi connectivity index (χ3v) is 22.1. The molecule has 0 spiro atoms. The Labute approximate surface area is 453 Å². The van der Waals surface area contributed by atoms with Crippen LogP contribution in [0.1, 0.15) is 255 Å². The van der Waals surface area contributed by atoms with Crippen LogP contribution in [0.3, 0.4) is 0 Å². The monoisotopic (exact) mass is 1050 g/mol. The Morgan fingerprint density at radius 2 is 0.343 bits per heavy atom. The molecule has 70 heavy (non-hydrogen) atoms. The number of hydrogen-bond acceptors (Lipinski definition) is 6. The molecule has 6 rings (SSSR count). The Hall–Kier alpha value is -1.80. The van der Waals surface area contributed by atoms with Gasteiger partial charge in [-0.15, -0.1) is 68.0 Å². The summed E-state index contributed by atoms with van der Waals surface area (Å²) in [5.41, 5.74) is 0. The quantitative estimate of drug-likeness (QED) is 0.0335. The molecule has 6 heterocycles. The van der Waals surface area contributed by atoms with E-state index in [2.05, 4.69) is 86.6 Å². The lowest BCUT2D eigenvalue weighted by Gasteiger charge is -2.04. The predicted octanol–water partition coefficient (Wildman–Crippen LogP) is 25.6. The van der Waals surface area contributed by atoms with Crippen LogP contribution in [-0.4, -0.2) is 0 Å². The molecule has 0 amide bonds. The lowest BCUT2D eigenvalue weighted by atomic mass is 10.0. The topological polar surface area (TPSA) is 0 Å². The van der Waals surface area contributed by atoms with Gasteiger partial charge < -0.3 is 0 Å². The van der Waals surface area contributed by atoms with Gasteiger partial charge in [0.25, 0.3) is 0 Å². The molecule has 0 unspecified atom stereocenters. The van der Waals surface area contributed by atoms with Gasteiger partial charge in [-0.25, -0.2) is 0 Å². The summed E-state index contributed by atoms with van der Waals surface area (Å²) in [5.74, 6) is 0. The molecule has 0 bridgehead atoms. The van der Waals surface area contributed by atoms with Crippen molar-refractivity contribution in [3.8, 4) is 48.8 Å². The highest BCUT2D eigenvalue weighted by atomic mass is 32.1. The van der Waals surface area contributed by atoms with Crippen LogP contribution < -0.4 is 0 Å². The van der Waals surface area contributed by atoms with Gasteiger partial charge in [0.2, 0.25) is 0 Å². The Kier molecular flexibility index (Phi) is 29.7. The van der Waals surface area contributed by atoms with Gasteiger partial charge in [-0.3, -0.25) is 0 Å². The maximum absolute atomic E-state index is 2.39. The average molecular weight is 1060 g/mol. The number of unbranched alkanes of at least 4 members (excludes halogenated alkanes) is 34. The Balaban J connectivity index is 0.798. The van der Waals surface area contributed by atoms with Gasteiger partial charge in [0.15, 0.2) is 0 Å². The van der Waals surface area contributed by atoms with Crippen LogP contribution in [0.5, 0.6) is 0 Å². The molecule has 6 heteroatoms. The van der Waals surface area contributed by atoms with Crippen LogP contribution >= 0.6 is 68.0 Å². The van der Waals surface area contributed by atoms with Crippen LogP contribution in [0.2, 0.25) is 0 Å². The molecule has 0 fully saturated rings. The van der Waals surface area contributed by atoms with Crippen molar-refractivity contribution in [2.24, 2.45) is 0 Å². The van der Waals surface area contributed by atoms with E-state index in [0.717, 1.165) is 0 Å². The fourth-order valence-electron chi connectivity index (χ4n) is 10.1. The van der Waals surface area contributed by atoms with Gasteiger partial charge in [-0.2, -0.15) is 0 Å². The molecule has 0 saturated heterocycles. The lowest BCUT2D eigenvalue weighted by molar-refractivity contribution is 0.525. The van der Waals surface area contributed by atoms with Crippen LogP contribution in [0.4, 0.5) is 0 Å². The van der Waals surface area contributed by atoms with Crippen molar-refractivity contribution in [3.05, 3.63) is 82.6 Å². The van der Waals surface area contributed by atoms with Crippen molar-refractivity contribution in [2.45, 2.75) is 258 Å². The molecule has 0 radical (unpaired) electrons. The Bertz CT molecular complexity index is 2010. The minimum atomic E-state index is 1.24. The van der Waals surface area contributed by atoms with Crippen LogP contribution in [0, 0.1) is 0 Å². The molecule has 0 aliphatic rings. The van der Waals surface area contributed by atoms with Crippen LogP contribution in [0.15, 0.2) is 72.8 Å². The zero-order valence-electron chi connectivity index (χ0n) is 44.2. The summed E-state index contributed by atoms with van der Waals surface area (Å²) in [7, 11) is 0. The summed E-state index contributed by atoms with van der Waals surface area (Å²) in [6, 6.07) is 28.3. The van der Waals surface area contributed by atoms with Crippen LogP contribution in [-0.2, 0) is 12.8 Å². The zero-order valence-corrected chi connectivity index (χ0v) is 49.1. The predicted molar refractivity (Wildman–Crippen MR) is 326 cm³/mol. The minimum Gasteiger partial charge on any atom is -0.139 e. The molecule has 0 saturated carbocycles. The van der Waals surface area contributed by atoms with Crippen molar-refractivity contribution in [1.29, 1.82) is 0 Å². The van der Waals surface area contributed by atoms with E-state index in [9.17, 15) is 0 Å². The molecule has 386 valence electrons. The third-order valence-electron chi connectivity index (χ3n) is 14.5. The standard InChI is InChI=1S/C64H94S6/c1-3-5-7-9-11-13-15-17-19-21-23-25-27-29-31-33-35-37-39-53-41-43-55(65-53)57-45-47-59(67-57)61-49-51-63(69-61)64-52-50-62(70-64)60-48-46-58(68-60)56-44-42-54(66-56)40-38-36-34-32-30-28-26-24-22-20-18-16-14-12-10-8-6-4-2/h41-52H,3-40H2,1-2H3. The largest absolute Gasteiger partial charge is 0.139 e. The van der Waals surface area contributed by atoms with E-state index in [1.807, 2.05) is 68.0 Å². The second kappa shape index (κ2) is 36.2. The molecule has 0 N–H and O–H groups in total. The fourth-order valence-corrected chi connectivity index (χ4v) is 16.7. The van der Waals surface area contributed by atoms with E-state index in [0.29, 0.717) is 0 Å². The first-order chi connectivity index (χ1) is 34.7. The van der Waals surface area contributed by atoms with Crippen molar-refractivity contribution in [2.75, 3.05) is 0 Å². The Morgan fingerprint density at radius 3 is 0.543 bits per heavy atom. The zero-order chi connectivity index (χ0) is 48.5. The molecule has 0 aliphatic heterocycles. The summed E-state index contributed by atoms with van der Waals surface area (Å²) in [4.78, 5) is 17.1. The minimum absolute atomic E-state index is 1.24. The maximum Gasteiger partial charge on any atom is 0.0449 e. The van der Waals surface area contributed by atoms with Crippen molar-refractivity contribution >= 4 is 68.0 Å². The van der Waals surface area contributed by atoms with Crippen molar-refractivity contribution in [3.63, 3.8) is 0 Å². The van der Waals surface area contributed by atoms with Crippen molar-refractivity contribution < 1.29 is 0 Å². The molecule has 0 atom stereocenters. The number of rotatable bonds is 43. The van der Waals surface area contributed by atoms with Gasteiger partial charge in [0, 0.05) is 58.5 Å². The van der Waals surface area contributed by atoms with Gasteiger partial charge in [0.05, 0.1) is 0 Å². The van der Waals surface area contributed by atoms with Crippen LogP contribution in [0.25, 0.3) is 48.8 Å². The first kappa shape index (κ1) is 57.5. The highest BCUT2D eigenvalue weighted by Crippen LogP contribution is 2.46. The summed E-state index contributed by atoms with van der Waals surface area (Å²) in [5, 5.41) is 0. The molecule has 0 aromatic carbocycles. The van der Waals surface area contributed by atoms with E-state index in [4.69, 9.17) is 0 Å². The molecule has 0 aliphatic carbocycles. The average Bonchev–Trinajstić information content (AvgIpc) is 4.24. The SMILES string of the molecule is CCCCCCCCCCCCCCCCCCCCc1ccc(-c2ccc(-c3ccc(-c4ccc(-c5ccc(-c6ccc(CCCCCCCCCCCCCCCCCCCC)s6)s5)s4)s3)s2)s1. The number of thiophene rings is 6. The molecule has 6 aromatic heterocycles.